The summed E-state index contributed by atoms with van der Waals surface area (Å²) in [4.78, 5) is 3.41. The summed E-state index contributed by atoms with van der Waals surface area (Å²) < 4.78 is 7.23. The van der Waals surface area contributed by atoms with Crippen molar-refractivity contribution in [2.24, 2.45) is 0 Å². The zero-order valence-electron chi connectivity index (χ0n) is 10.8. The lowest BCUT2D eigenvalue weighted by Gasteiger charge is -1.99. The summed E-state index contributed by atoms with van der Waals surface area (Å²) in [5.74, 6) is 0.855. The van der Waals surface area contributed by atoms with Crippen LogP contribution >= 0.6 is 11.6 Å². The number of imidazole rings is 1. The Hall–Kier alpha value is -2.00. The number of hydrogen-bond donors (Lipinski definition) is 1. The smallest absolute Gasteiger partial charge is 0.284 e. The van der Waals surface area contributed by atoms with E-state index >= 15 is 0 Å². The van der Waals surface area contributed by atoms with Crippen molar-refractivity contribution in [3.05, 3.63) is 53.3 Å². The predicted octanol–water partition coefficient (Wildman–Crippen LogP) is 3.39. The molecule has 0 atom stereocenters. The lowest BCUT2D eigenvalue weighted by atomic mass is 10.1. The summed E-state index contributed by atoms with van der Waals surface area (Å²) in [5.41, 5.74) is 4.36. The molecule has 0 aliphatic carbocycles. The molecule has 2 heterocycles. The van der Waals surface area contributed by atoms with Crippen molar-refractivity contribution in [1.29, 1.82) is 0 Å². The molecule has 3 aromatic rings. The second-order valence-electron chi connectivity index (χ2n) is 4.42. The molecule has 0 amide bonds. The highest BCUT2D eigenvalue weighted by atomic mass is 35.5. The van der Waals surface area contributed by atoms with Gasteiger partial charge in [-0.3, -0.25) is 0 Å². The van der Waals surface area contributed by atoms with Crippen LogP contribution in [0, 0.1) is 6.92 Å². The molecule has 96 valence electrons. The van der Waals surface area contributed by atoms with Crippen molar-refractivity contribution in [3.8, 4) is 17.0 Å². The van der Waals surface area contributed by atoms with Gasteiger partial charge in [0, 0.05) is 18.6 Å². The molecule has 0 aliphatic heterocycles. The van der Waals surface area contributed by atoms with E-state index in [1.165, 1.54) is 0 Å². The van der Waals surface area contributed by atoms with Crippen LogP contribution in [0.15, 0.2) is 42.6 Å². The number of hydrogen-bond acceptors (Lipinski definition) is 1. The summed E-state index contributed by atoms with van der Waals surface area (Å²) in [6.07, 6.45) is 1.91. The van der Waals surface area contributed by atoms with Gasteiger partial charge in [0.1, 0.15) is 11.9 Å². The SMILES string of the molecule is COc1ccc(-c2[nH]c3ccc(Cl)c[n+]3c2C)cc1. The maximum atomic E-state index is 6.03. The van der Waals surface area contributed by atoms with Crippen LogP contribution in [0.2, 0.25) is 5.02 Å². The van der Waals surface area contributed by atoms with Crippen LogP contribution < -0.4 is 9.14 Å². The van der Waals surface area contributed by atoms with Crippen molar-refractivity contribution < 1.29 is 9.14 Å². The Bertz CT molecular complexity index is 732. The number of nitrogens with zero attached hydrogens (tertiary/aromatic N) is 1. The number of H-pyrrole nitrogens is 1. The first-order valence-electron chi connectivity index (χ1n) is 6.03. The largest absolute Gasteiger partial charge is 0.497 e. The summed E-state index contributed by atoms with van der Waals surface area (Å²) in [7, 11) is 1.67. The molecule has 1 aromatic carbocycles. The highest BCUT2D eigenvalue weighted by molar-refractivity contribution is 6.30. The zero-order chi connectivity index (χ0) is 13.4. The van der Waals surface area contributed by atoms with Gasteiger partial charge in [0.05, 0.1) is 12.1 Å². The van der Waals surface area contributed by atoms with E-state index in [0.717, 1.165) is 33.4 Å². The Balaban J connectivity index is 2.16. The number of aryl methyl sites for hydroxylation is 1. The van der Waals surface area contributed by atoms with Gasteiger partial charge < -0.3 is 4.74 Å². The van der Waals surface area contributed by atoms with Crippen LogP contribution in [-0.4, -0.2) is 12.1 Å². The van der Waals surface area contributed by atoms with Crippen LogP contribution in [0.5, 0.6) is 5.75 Å². The second kappa shape index (κ2) is 4.59. The van der Waals surface area contributed by atoms with E-state index in [2.05, 4.69) is 16.3 Å². The van der Waals surface area contributed by atoms with Crippen LogP contribution in [0.1, 0.15) is 5.69 Å². The van der Waals surface area contributed by atoms with E-state index in [1.807, 2.05) is 42.6 Å². The van der Waals surface area contributed by atoms with E-state index < -0.39 is 0 Å². The first-order valence-corrected chi connectivity index (χ1v) is 6.41. The number of aromatic amines is 1. The first kappa shape index (κ1) is 12.1. The standard InChI is InChI=1S/C15H13ClN2O/c1-10-15(11-3-6-13(19-2)7-4-11)17-14-8-5-12(16)9-18(10)14/h3-9H,1-2H3/p+1. The Labute approximate surface area is 116 Å². The number of pyridine rings is 1. The number of nitrogens with one attached hydrogen (secondary N) is 1. The van der Waals surface area contributed by atoms with E-state index in [1.54, 1.807) is 7.11 Å². The normalized spacial score (nSPS) is 10.9. The van der Waals surface area contributed by atoms with Gasteiger partial charge in [0.25, 0.3) is 5.65 Å². The summed E-state index contributed by atoms with van der Waals surface area (Å²) >= 11 is 6.03. The summed E-state index contributed by atoms with van der Waals surface area (Å²) in [6, 6.07) is 11.8. The van der Waals surface area contributed by atoms with Crippen molar-refractivity contribution in [2.45, 2.75) is 6.92 Å². The Morgan fingerprint density at radius 1 is 1.11 bits per heavy atom. The second-order valence-corrected chi connectivity index (χ2v) is 4.85. The third-order valence-corrected chi connectivity index (χ3v) is 3.49. The molecule has 1 N–H and O–H groups in total. The van der Waals surface area contributed by atoms with Gasteiger partial charge in [0.2, 0.25) is 0 Å². The van der Waals surface area contributed by atoms with Gasteiger partial charge in [-0.1, -0.05) is 11.6 Å². The van der Waals surface area contributed by atoms with Crippen LogP contribution in [0.3, 0.4) is 0 Å². The number of fused-ring (bicyclic) bond motifs is 1. The van der Waals surface area contributed by atoms with Crippen LogP contribution in [0.25, 0.3) is 16.9 Å². The Morgan fingerprint density at radius 3 is 2.53 bits per heavy atom. The minimum absolute atomic E-state index is 0.723. The predicted molar refractivity (Wildman–Crippen MR) is 75.7 cm³/mol. The molecule has 0 saturated heterocycles. The van der Waals surface area contributed by atoms with Crippen molar-refractivity contribution in [3.63, 3.8) is 0 Å². The summed E-state index contributed by atoms with van der Waals surface area (Å²) in [5, 5.41) is 0.723. The minimum Gasteiger partial charge on any atom is -0.497 e. The molecule has 0 spiro atoms. The molecule has 19 heavy (non-hydrogen) atoms. The molecular weight excluding hydrogens is 260 g/mol. The highest BCUT2D eigenvalue weighted by Gasteiger charge is 2.17. The highest BCUT2D eigenvalue weighted by Crippen LogP contribution is 2.23. The Kier molecular flexibility index (Phi) is 2.91. The van der Waals surface area contributed by atoms with Gasteiger partial charge in [-0.25, -0.2) is 4.98 Å². The molecule has 0 aliphatic rings. The fourth-order valence-electron chi connectivity index (χ4n) is 2.23. The van der Waals surface area contributed by atoms with Crippen LogP contribution in [0.4, 0.5) is 0 Å². The van der Waals surface area contributed by atoms with Gasteiger partial charge in [0.15, 0.2) is 11.4 Å². The van der Waals surface area contributed by atoms with Crippen molar-refractivity contribution in [2.75, 3.05) is 7.11 Å². The summed E-state index contributed by atoms with van der Waals surface area (Å²) in [6.45, 7) is 2.07. The Morgan fingerprint density at radius 2 is 1.84 bits per heavy atom. The van der Waals surface area contributed by atoms with E-state index in [4.69, 9.17) is 16.3 Å². The van der Waals surface area contributed by atoms with E-state index in [-0.39, 0.29) is 0 Å². The van der Waals surface area contributed by atoms with E-state index in [0.29, 0.717) is 0 Å². The van der Waals surface area contributed by atoms with Gasteiger partial charge in [-0.15, -0.1) is 0 Å². The first-order chi connectivity index (χ1) is 9.19. The van der Waals surface area contributed by atoms with Crippen molar-refractivity contribution in [1.82, 2.24) is 4.98 Å². The molecule has 2 aromatic heterocycles. The fraction of sp³-hybridized carbons (Fsp3) is 0.133. The number of benzene rings is 1. The van der Waals surface area contributed by atoms with Gasteiger partial charge in [-0.05, 0) is 30.3 Å². The van der Waals surface area contributed by atoms with Crippen LogP contribution in [-0.2, 0) is 0 Å². The molecule has 0 unspecified atom stereocenters. The quantitative estimate of drug-likeness (QED) is 0.713. The van der Waals surface area contributed by atoms with Crippen molar-refractivity contribution >= 4 is 17.2 Å². The fourth-order valence-corrected chi connectivity index (χ4v) is 2.39. The molecule has 0 bridgehead atoms. The maximum Gasteiger partial charge on any atom is 0.284 e. The van der Waals surface area contributed by atoms with Gasteiger partial charge >= 0.3 is 0 Å². The number of aromatic nitrogens is 2. The lowest BCUT2D eigenvalue weighted by Crippen LogP contribution is -2.21. The zero-order valence-corrected chi connectivity index (χ0v) is 11.5. The molecule has 3 rings (SSSR count). The number of halogens is 1. The van der Waals surface area contributed by atoms with E-state index in [9.17, 15) is 0 Å². The molecule has 0 radical (unpaired) electrons. The number of methoxy groups -OCH3 is 1. The molecule has 0 saturated carbocycles. The average molecular weight is 274 g/mol. The molecular formula is C15H14ClN2O+. The monoisotopic (exact) mass is 273 g/mol. The number of ether oxygens (including phenoxy) is 1. The minimum atomic E-state index is 0.723. The average Bonchev–Trinajstić information content (AvgIpc) is 2.76. The third-order valence-electron chi connectivity index (χ3n) is 3.27. The molecule has 0 fully saturated rings. The number of rotatable bonds is 2. The topological polar surface area (TPSA) is 29.1 Å². The third kappa shape index (κ3) is 2.06. The lowest BCUT2D eigenvalue weighted by molar-refractivity contribution is -0.517. The van der Waals surface area contributed by atoms with Gasteiger partial charge in [-0.2, -0.15) is 4.40 Å². The molecule has 4 heteroatoms. The maximum absolute atomic E-state index is 6.03. The molecule has 3 nitrogen and oxygen atoms in total.